The summed E-state index contributed by atoms with van der Waals surface area (Å²) in [6, 6.07) is 11.8. The Morgan fingerprint density at radius 3 is 2.47 bits per heavy atom. The van der Waals surface area contributed by atoms with Gasteiger partial charge in [-0.25, -0.2) is 0 Å². The van der Waals surface area contributed by atoms with Crippen molar-refractivity contribution in [1.29, 1.82) is 0 Å². The number of carbonyl (C=O) groups is 1. The van der Waals surface area contributed by atoms with E-state index in [2.05, 4.69) is 0 Å². The van der Waals surface area contributed by atoms with Crippen molar-refractivity contribution in [2.24, 2.45) is 5.73 Å². The van der Waals surface area contributed by atoms with Gasteiger partial charge in [-0.05, 0) is 47.4 Å². The van der Waals surface area contributed by atoms with E-state index in [0.717, 1.165) is 16.7 Å². The first kappa shape index (κ1) is 13.0. The van der Waals surface area contributed by atoms with Crippen LogP contribution in [0.25, 0.3) is 11.1 Å². The minimum Gasteiger partial charge on any atom is -0.508 e. The van der Waals surface area contributed by atoms with Crippen LogP contribution in [0.15, 0.2) is 42.5 Å². The van der Waals surface area contributed by atoms with Gasteiger partial charge in [0.2, 0.25) is 5.91 Å². The van der Waals surface area contributed by atoms with Crippen molar-refractivity contribution < 1.29 is 15.0 Å². The molecule has 0 saturated heterocycles. The lowest BCUT2D eigenvalue weighted by atomic mass is 9.96. The molecule has 98 valence electrons. The highest BCUT2D eigenvalue weighted by molar-refractivity contribution is 5.75. The third kappa shape index (κ3) is 3.25. The lowest BCUT2D eigenvalue weighted by Gasteiger charge is -2.10. The van der Waals surface area contributed by atoms with E-state index in [9.17, 15) is 15.0 Å². The summed E-state index contributed by atoms with van der Waals surface area (Å²) in [5.74, 6) is -0.0694. The zero-order valence-corrected chi connectivity index (χ0v) is 10.3. The van der Waals surface area contributed by atoms with Crippen LogP contribution in [-0.4, -0.2) is 16.1 Å². The van der Waals surface area contributed by atoms with E-state index in [1.165, 1.54) is 0 Å². The van der Waals surface area contributed by atoms with Crippen LogP contribution in [0.2, 0.25) is 0 Å². The van der Waals surface area contributed by atoms with Crippen LogP contribution in [-0.2, 0) is 11.2 Å². The third-order valence-electron chi connectivity index (χ3n) is 2.89. The number of phenolic OH excluding ortho intramolecular Hbond substituents is 2. The molecule has 0 fully saturated rings. The molecule has 0 bridgehead atoms. The lowest BCUT2D eigenvalue weighted by Crippen LogP contribution is -2.11. The number of phenols is 2. The fourth-order valence-corrected chi connectivity index (χ4v) is 2.00. The zero-order chi connectivity index (χ0) is 13.8. The molecule has 0 heterocycles. The number of hydrogen-bond donors (Lipinski definition) is 3. The molecule has 0 saturated carbocycles. The Morgan fingerprint density at radius 2 is 1.79 bits per heavy atom. The molecule has 4 N–H and O–H groups in total. The van der Waals surface area contributed by atoms with Crippen LogP contribution in [0.3, 0.4) is 0 Å². The van der Waals surface area contributed by atoms with Gasteiger partial charge in [0.25, 0.3) is 0 Å². The number of benzene rings is 2. The maximum absolute atomic E-state index is 10.9. The van der Waals surface area contributed by atoms with Crippen LogP contribution >= 0.6 is 0 Å². The first-order chi connectivity index (χ1) is 9.06. The maximum atomic E-state index is 10.9. The van der Waals surface area contributed by atoms with Gasteiger partial charge in [0, 0.05) is 6.42 Å². The Hall–Kier alpha value is -2.49. The van der Waals surface area contributed by atoms with Crippen molar-refractivity contribution in [3.63, 3.8) is 0 Å². The molecule has 0 aromatic heterocycles. The fourth-order valence-electron chi connectivity index (χ4n) is 2.00. The van der Waals surface area contributed by atoms with E-state index in [1.54, 1.807) is 36.4 Å². The third-order valence-corrected chi connectivity index (χ3v) is 2.89. The Balaban J connectivity index is 2.41. The summed E-state index contributed by atoms with van der Waals surface area (Å²) in [6.45, 7) is 0. The van der Waals surface area contributed by atoms with Crippen LogP contribution in [0.5, 0.6) is 11.5 Å². The van der Waals surface area contributed by atoms with Crippen LogP contribution in [0.1, 0.15) is 12.0 Å². The number of nitrogens with two attached hydrogens (primary N) is 1. The van der Waals surface area contributed by atoms with Gasteiger partial charge < -0.3 is 15.9 Å². The molecule has 4 nitrogen and oxygen atoms in total. The molecule has 1 amide bonds. The van der Waals surface area contributed by atoms with Crippen molar-refractivity contribution in [1.82, 2.24) is 0 Å². The van der Waals surface area contributed by atoms with Crippen molar-refractivity contribution in [3.8, 4) is 22.6 Å². The van der Waals surface area contributed by atoms with E-state index in [0.29, 0.717) is 6.42 Å². The van der Waals surface area contributed by atoms with E-state index < -0.39 is 0 Å². The number of amides is 1. The topological polar surface area (TPSA) is 83.6 Å². The highest BCUT2D eigenvalue weighted by atomic mass is 16.3. The van der Waals surface area contributed by atoms with E-state index in [1.807, 2.05) is 6.07 Å². The largest absolute Gasteiger partial charge is 0.508 e. The number of aryl methyl sites for hydroxylation is 1. The molecule has 2 rings (SSSR count). The first-order valence-corrected chi connectivity index (χ1v) is 5.96. The summed E-state index contributed by atoms with van der Waals surface area (Å²) in [4.78, 5) is 10.9. The summed E-state index contributed by atoms with van der Waals surface area (Å²) < 4.78 is 0. The van der Waals surface area contributed by atoms with Gasteiger partial charge in [-0.2, -0.15) is 0 Å². The average molecular weight is 257 g/mol. The molecule has 4 heteroatoms. The van der Waals surface area contributed by atoms with Crippen LogP contribution in [0, 0.1) is 0 Å². The lowest BCUT2D eigenvalue weighted by molar-refractivity contribution is -0.117. The monoisotopic (exact) mass is 257 g/mol. The molecule has 0 aliphatic heterocycles. The summed E-state index contributed by atoms with van der Waals surface area (Å²) in [5.41, 5.74) is 7.68. The summed E-state index contributed by atoms with van der Waals surface area (Å²) in [6.07, 6.45) is 0.671. The van der Waals surface area contributed by atoms with Gasteiger partial charge in [0.15, 0.2) is 0 Å². The average Bonchev–Trinajstić information content (AvgIpc) is 2.36. The SMILES string of the molecule is NC(=O)CCc1cc(O)ccc1-c1cccc(O)c1. The Labute approximate surface area is 111 Å². The molecule has 0 aliphatic carbocycles. The minimum atomic E-state index is -0.384. The molecule has 0 aliphatic rings. The van der Waals surface area contributed by atoms with Crippen LogP contribution < -0.4 is 5.73 Å². The molecular formula is C15H15NO3. The molecule has 19 heavy (non-hydrogen) atoms. The second-order valence-electron chi connectivity index (χ2n) is 4.36. The molecule has 0 atom stereocenters. The molecule has 0 spiro atoms. The second-order valence-corrected chi connectivity index (χ2v) is 4.36. The number of primary amides is 1. The predicted molar refractivity (Wildman–Crippen MR) is 72.7 cm³/mol. The normalized spacial score (nSPS) is 10.3. The number of hydrogen-bond acceptors (Lipinski definition) is 3. The van der Waals surface area contributed by atoms with Gasteiger partial charge in [-0.3, -0.25) is 4.79 Å². The number of aromatic hydroxyl groups is 2. The van der Waals surface area contributed by atoms with Gasteiger partial charge in [-0.15, -0.1) is 0 Å². The summed E-state index contributed by atoms with van der Waals surface area (Å²) in [5, 5.41) is 19.1. The predicted octanol–water partition coefficient (Wildman–Crippen LogP) is 2.18. The Kier molecular flexibility index (Phi) is 3.71. The number of rotatable bonds is 4. The molecule has 2 aromatic rings. The molecule has 2 aromatic carbocycles. The Bertz CT molecular complexity index is 608. The molecule has 0 radical (unpaired) electrons. The van der Waals surface area contributed by atoms with Crippen molar-refractivity contribution in [2.75, 3.05) is 0 Å². The van der Waals surface area contributed by atoms with E-state index in [-0.39, 0.29) is 23.8 Å². The quantitative estimate of drug-likeness (QED) is 0.785. The summed E-state index contributed by atoms with van der Waals surface area (Å²) in [7, 11) is 0. The van der Waals surface area contributed by atoms with Gasteiger partial charge >= 0.3 is 0 Å². The standard InChI is InChI=1S/C15H15NO3/c16-15(19)7-4-11-9-13(18)5-6-14(11)10-2-1-3-12(17)8-10/h1-3,5-6,8-9,17-18H,4,7H2,(H2,16,19). The van der Waals surface area contributed by atoms with E-state index in [4.69, 9.17) is 5.73 Å². The van der Waals surface area contributed by atoms with Gasteiger partial charge in [0.1, 0.15) is 11.5 Å². The molecular weight excluding hydrogens is 242 g/mol. The highest BCUT2D eigenvalue weighted by Gasteiger charge is 2.08. The minimum absolute atomic E-state index is 0.142. The van der Waals surface area contributed by atoms with Crippen molar-refractivity contribution in [2.45, 2.75) is 12.8 Å². The second kappa shape index (κ2) is 5.44. The van der Waals surface area contributed by atoms with Gasteiger partial charge in [-0.1, -0.05) is 18.2 Å². The first-order valence-electron chi connectivity index (χ1n) is 5.96. The van der Waals surface area contributed by atoms with Crippen molar-refractivity contribution in [3.05, 3.63) is 48.0 Å². The number of carbonyl (C=O) groups excluding carboxylic acids is 1. The highest BCUT2D eigenvalue weighted by Crippen LogP contribution is 2.29. The maximum Gasteiger partial charge on any atom is 0.217 e. The fraction of sp³-hybridized carbons (Fsp3) is 0.133. The van der Waals surface area contributed by atoms with Crippen molar-refractivity contribution >= 4 is 5.91 Å². The Morgan fingerprint density at radius 1 is 1.05 bits per heavy atom. The smallest absolute Gasteiger partial charge is 0.217 e. The summed E-state index contributed by atoms with van der Waals surface area (Å²) >= 11 is 0. The van der Waals surface area contributed by atoms with Gasteiger partial charge in [0.05, 0.1) is 0 Å². The van der Waals surface area contributed by atoms with E-state index >= 15 is 0 Å². The zero-order valence-electron chi connectivity index (χ0n) is 10.3. The van der Waals surface area contributed by atoms with Crippen LogP contribution in [0.4, 0.5) is 0 Å². The molecule has 0 unspecified atom stereocenters.